The van der Waals surface area contributed by atoms with E-state index in [1.165, 1.54) is 0 Å². The van der Waals surface area contributed by atoms with Gasteiger partial charge in [-0.15, -0.1) is 0 Å². The van der Waals surface area contributed by atoms with E-state index < -0.39 is 19.1 Å². The third-order valence-corrected chi connectivity index (χ3v) is 2.35. The van der Waals surface area contributed by atoms with Gasteiger partial charge in [-0.1, -0.05) is 20.3 Å². The van der Waals surface area contributed by atoms with Gasteiger partial charge in [0.05, 0.1) is 12.6 Å². The lowest BCUT2D eigenvalue weighted by Crippen LogP contribution is -2.45. The Morgan fingerprint density at radius 3 is 2.62 bits per heavy atom. The molecule has 0 rings (SSSR count). The van der Waals surface area contributed by atoms with Crippen LogP contribution in [0.5, 0.6) is 0 Å². The molecule has 0 bridgehead atoms. The fourth-order valence-corrected chi connectivity index (χ4v) is 1.05. The summed E-state index contributed by atoms with van der Waals surface area (Å²) in [6.07, 6.45) is -1.66. The van der Waals surface area contributed by atoms with E-state index in [2.05, 4.69) is 10.1 Å². The lowest BCUT2D eigenvalue weighted by atomic mass is 9.99. The molecule has 0 aliphatic heterocycles. The van der Waals surface area contributed by atoms with Gasteiger partial charge in [-0.25, -0.2) is 8.78 Å². The first-order valence-electron chi connectivity index (χ1n) is 5.38. The SMILES string of the molecule is CCC(C)[C@H](N)C(=O)NCCOCC(F)F. The molecule has 0 aliphatic rings. The standard InChI is InChI=1S/C10H20F2N2O2/c1-3-7(2)9(13)10(15)14-4-5-16-6-8(11)12/h7-9H,3-6,13H2,1-2H3,(H,14,15)/t7?,9-/m0/s1. The van der Waals surface area contributed by atoms with Crippen molar-refractivity contribution in [2.75, 3.05) is 19.8 Å². The summed E-state index contributed by atoms with van der Waals surface area (Å²) in [5, 5.41) is 2.54. The van der Waals surface area contributed by atoms with Gasteiger partial charge in [0.2, 0.25) is 5.91 Å². The molecule has 0 heterocycles. The Balaban J connectivity index is 3.57. The molecule has 16 heavy (non-hydrogen) atoms. The number of nitrogens with two attached hydrogens (primary N) is 1. The smallest absolute Gasteiger partial charge is 0.261 e. The molecule has 4 nitrogen and oxygen atoms in total. The zero-order valence-electron chi connectivity index (χ0n) is 9.71. The summed E-state index contributed by atoms with van der Waals surface area (Å²) < 4.78 is 27.9. The maximum Gasteiger partial charge on any atom is 0.261 e. The number of amides is 1. The van der Waals surface area contributed by atoms with Gasteiger partial charge >= 0.3 is 0 Å². The summed E-state index contributed by atoms with van der Waals surface area (Å²) in [4.78, 5) is 11.4. The van der Waals surface area contributed by atoms with Crippen molar-refractivity contribution >= 4 is 5.91 Å². The second-order valence-corrected chi connectivity index (χ2v) is 3.67. The number of carbonyl (C=O) groups is 1. The second kappa shape index (κ2) is 8.41. The minimum Gasteiger partial charge on any atom is -0.374 e. The van der Waals surface area contributed by atoms with Gasteiger partial charge in [0.1, 0.15) is 6.61 Å². The fraction of sp³-hybridized carbons (Fsp3) is 0.900. The topological polar surface area (TPSA) is 64.4 Å². The monoisotopic (exact) mass is 238 g/mol. The minimum absolute atomic E-state index is 0.0727. The molecule has 1 amide bonds. The largest absolute Gasteiger partial charge is 0.374 e. The molecule has 0 saturated heterocycles. The Kier molecular flexibility index (Phi) is 8.01. The molecule has 0 fully saturated rings. The van der Waals surface area contributed by atoms with E-state index in [1.807, 2.05) is 13.8 Å². The van der Waals surface area contributed by atoms with Crippen LogP contribution in [0.15, 0.2) is 0 Å². The predicted molar refractivity (Wildman–Crippen MR) is 57.3 cm³/mol. The maximum atomic E-state index is 11.7. The van der Waals surface area contributed by atoms with Gasteiger partial charge in [-0.3, -0.25) is 4.79 Å². The van der Waals surface area contributed by atoms with Gasteiger partial charge in [0.25, 0.3) is 6.43 Å². The molecular formula is C10H20F2N2O2. The molecule has 1 unspecified atom stereocenters. The molecule has 3 N–H and O–H groups in total. The Labute approximate surface area is 94.5 Å². The number of nitrogens with one attached hydrogen (secondary N) is 1. The molecule has 6 heteroatoms. The van der Waals surface area contributed by atoms with Crippen molar-refractivity contribution in [1.82, 2.24) is 5.32 Å². The summed E-state index contributed by atoms with van der Waals surface area (Å²) in [5.41, 5.74) is 5.66. The summed E-state index contributed by atoms with van der Waals surface area (Å²) in [6, 6.07) is -0.555. The molecular weight excluding hydrogens is 218 g/mol. The first-order valence-corrected chi connectivity index (χ1v) is 5.38. The molecule has 0 aromatic heterocycles. The molecule has 96 valence electrons. The van der Waals surface area contributed by atoms with Gasteiger partial charge in [-0.05, 0) is 5.92 Å². The number of rotatable bonds is 8. The number of ether oxygens (including phenoxy) is 1. The van der Waals surface area contributed by atoms with Crippen molar-refractivity contribution in [3.63, 3.8) is 0 Å². The zero-order chi connectivity index (χ0) is 12.6. The number of alkyl halides is 2. The van der Waals surface area contributed by atoms with Gasteiger partial charge in [0, 0.05) is 6.54 Å². The van der Waals surface area contributed by atoms with E-state index in [0.717, 1.165) is 6.42 Å². The van der Waals surface area contributed by atoms with Crippen LogP contribution < -0.4 is 11.1 Å². The van der Waals surface area contributed by atoms with Crippen molar-refractivity contribution in [3.05, 3.63) is 0 Å². The van der Waals surface area contributed by atoms with Crippen LogP contribution in [0.1, 0.15) is 20.3 Å². The van der Waals surface area contributed by atoms with E-state index >= 15 is 0 Å². The third-order valence-electron chi connectivity index (χ3n) is 2.35. The van der Waals surface area contributed by atoms with E-state index in [4.69, 9.17) is 5.73 Å². The molecule has 0 aromatic rings. The highest BCUT2D eigenvalue weighted by Gasteiger charge is 2.18. The van der Waals surface area contributed by atoms with Crippen molar-refractivity contribution in [1.29, 1.82) is 0 Å². The molecule has 0 spiro atoms. The summed E-state index contributed by atoms with van der Waals surface area (Å²) >= 11 is 0. The highest BCUT2D eigenvalue weighted by molar-refractivity contribution is 5.81. The van der Waals surface area contributed by atoms with Crippen LogP contribution in [-0.4, -0.2) is 38.1 Å². The van der Waals surface area contributed by atoms with Gasteiger partial charge in [0.15, 0.2) is 0 Å². The molecule has 0 saturated carbocycles. The van der Waals surface area contributed by atoms with Crippen molar-refractivity contribution < 1.29 is 18.3 Å². The maximum absolute atomic E-state index is 11.7. The summed E-state index contributed by atoms with van der Waals surface area (Å²) in [7, 11) is 0. The van der Waals surface area contributed by atoms with Crippen LogP contribution in [0.3, 0.4) is 0 Å². The molecule has 0 radical (unpaired) electrons. The van der Waals surface area contributed by atoms with Crippen LogP contribution in [-0.2, 0) is 9.53 Å². The Hall–Kier alpha value is -0.750. The van der Waals surface area contributed by atoms with Gasteiger partial charge < -0.3 is 15.8 Å². The predicted octanol–water partition coefficient (Wildman–Crippen LogP) is 0.758. The van der Waals surface area contributed by atoms with Crippen LogP contribution in [0, 0.1) is 5.92 Å². The summed E-state index contributed by atoms with van der Waals surface area (Å²) in [6.45, 7) is 3.51. The lowest BCUT2D eigenvalue weighted by Gasteiger charge is -2.17. The second-order valence-electron chi connectivity index (χ2n) is 3.67. The first-order chi connectivity index (χ1) is 7.49. The van der Waals surface area contributed by atoms with E-state index in [-0.39, 0.29) is 25.0 Å². The highest BCUT2D eigenvalue weighted by atomic mass is 19.3. The van der Waals surface area contributed by atoms with E-state index in [9.17, 15) is 13.6 Å². The van der Waals surface area contributed by atoms with Crippen molar-refractivity contribution in [2.24, 2.45) is 11.7 Å². The van der Waals surface area contributed by atoms with Crippen molar-refractivity contribution in [2.45, 2.75) is 32.7 Å². The Bertz CT molecular complexity index is 203. The highest BCUT2D eigenvalue weighted by Crippen LogP contribution is 2.04. The molecule has 0 aliphatic carbocycles. The quantitative estimate of drug-likeness (QED) is 0.613. The van der Waals surface area contributed by atoms with Crippen LogP contribution in [0.25, 0.3) is 0 Å². The number of hydrogen-bond donors (Lipinski definition) is 2. The van der Waals surface area contributed by atoms with Crippen LogP contribution in [0.4, 0.5) is 8.78 Å². The van der Waals surface area contributed by atoms with E-state index in [0.29, 0.717) is 0 Å². The van der Waals surface area contributed by atoms with Gasteiger partial charge in [-0.2, -0.15) is 0 Å². The average molecular weight is 238 g/mol. The minimum atomic E-state index is -2.47. The van der Waals surface area contributed by atoms with Crippen LogP contribution in [0.2, 0.25) is 0 Å². The molecule has 2 atom stereocenters. The van der Waals surface area contributed by atoms with Crippen LogP contribution >= 0.6 is 0 Å². The summed E-state index contributed by atoms with van der Waals surface area (Å²) in [5.74, 6) is -0.169. The normalized spacial score (nSPS) is 14.9. The first kappa shape index (κ1) is 15.2. The molecule has 0 aromatic carbocycles. The Morgan fingerprint density at radius 2 is 2.12 bits per heavy atom. The number of hydrogen-bond acceptors (Lipinski definition) is 3. The number of carbonyl (C=O) groups excluding carboxylic acids is 1. The van der Waals surface area contributed by atoms with Crippen molar-refractivity contribution in [3.8, 4) is 0 Å². The third kappa shape index (κ3) is 6.68. The fourth-order valence-electron chi connectivity index (χ4n) is 1.05. The Morgan fingerprint density at radius 1 is 1.50 bits per heavy atom. The average Bonchev–Trinajstić information content (AvgIpc) is 2.25. The number of halogens is 2. The van der Waals surface area contributed by atoms with E-state index in [1.54, 1.807) is 0 Å². The zero-order valence-corrected chi connectivity index (χ0v) is 9.71. The lowest BCUT2D eigenvalue weighted by molar-refractivity contribution is -0.123.